The summed E-state index contributed by atoms with van der Waals surface area (Å²) in [5.41, 5.74) is 0. The normalized spacial score (nSPS) is 10.6. The van der Waals surface area contributed by atoms with Gasteiger partial charge in [0.15, 0.2) is 5.88 Å². The zero-order chi connectivity index (χ0) is 7.84. The molecule has 0 aliphatic heterocycles. The van der Waals surface area contributed by atoms with E-state index in [2.05, 4.69) is 20.9 Å². The first-order chi connectivity index (χ1) is 5.29. The van der Waals surface area contributed by atoms with E-state index in [9.17, 15) is 5.11 Å². The van der Waals surface area contributed by atoms with E-state index in [4.69, 9.17) is 0 Å². The Morgan fingerprint density at radius 1 is 1.36 bits per heavy atom. The fourth-order valence-electron chi connectivity index (χ4n) is 1.13. The van der Waals surface area contributed by atoms with Crippen LogP contribution in [0.3, 0.4) is 0 Å². The van der Waals surface area contributed by atoms with Crippen LogP contribution in [-0.2, 0) is 0 Å². The summed E-state index contributed by atoms with van der Waals surface area (Å²) in [6, 6.07) is 5.77. The number of fused-ring (bicyclic) bond motifs is 1. The van der Waals surface area contributed by atoms with Crippen LogP contribution in [0.25, 0.3) is 10.8 Å². The fraction of sp³-hybridized carbons (Fsp3) is 0. The molecule has 0 spiro atoms. The number of halogens is 1. The first-order valence-corrected chi connectivity index (χ1v) is 4.03. The minimum Gasteiger partial charge on any atom is -0.494 e. The van der Waals surface area contributed by atoms with Crippen LogP contribution in [0.5, 0.6) is 5.88 Å². The third kappa shape index (κ3) is 0.922. The Kier molecular flexibility index (Phi) is 1.39. The Hall–Kier alpha value is -0.960. The van der Waals surface area contributed by atoms with Crippen molar-refractivity contribution < 1.29 is 5.11 Å². The summed E-state index contributed by atoms with van der Waals surface area (Å²) in [7, 11) is 0. The second-order valence-corrected chi connectivity index (χ2v) is 3.20. The molecule has 0 atom stereocenters. The molecule has 0 fully saturated rings. The number of hydrogen-bond donors (Lipinski definition) is 2. The van der Waals surface area contributed by atoms with E-state index >= 15 is 0 Å². The molecule has 2 N–H and O–H groups in total. The lowest BCUT2D eigenvalue weighted by molar-refractivity contribution is 0.462. The van der Waals surface area contributed by atoms with E-state index in [1.807, 2.05) is 18.2 Å². The molecule has 0 amide bonds. The molecule has 1 aromatic heterocycles. The molecule has 0 radical (unpaired) electrons. The first-order valence-electron chi connectivity index (χ1n) is 3.23. The molecule has 0 aliphatic carbocycles. The Morgan fingerprint density at radius 2 is 2.18 bits per heavy atom. The molecule has 3 heteroatoms. The lowest BCUT2D eigenvalue weighted by Gasteiger charge is -1.92. The smallest absolute Gasteiger partial charge is 0.197 e. The van der Waals surface area contributed by atoms with E-state index in [1.165, 1.54) is 0 Å². The average Bonchev–Trinajstić information content (AvgIpc) is 2.34. The van der Waals surface area contributed by atoms with Gasteiger partial charge in [-0.2, -0.15) is 0 Å². The standard InChI is InChI=1S/C8H6BrNO/c9-6-3-1-2-5-4-10-8(11)7(5)6/h1-4,10-11H. The predicted octanol–water partition coefficient (Wildman–Crippen LogP) is 2.64. The van der Waals surface area contributed by atoms with Crippen molar-refractivity contribution in [3.63, 3.8) is 0 Å². The first kappa shape index (κ1) is 6.73. The van der Waals surface area contributed by atoms with Crippen molar-refractivity contribution in [1.82, 2.24) is 4.98 Å². The van der Waals surface area contributed by atoms with Gasteiger partial charge in [0.2, 0.25) is 0 Å². The van der Waals surface area contributed by atoms with Crippen LogP contribution < -0.4 is 0 Å². The Labute approximate surface area is 72.0 Å². The van der Waals surface area contributed by atoms with Gasteiger partial charge in [0.25, 0.3) is 0 Å². The summed E-state index contributed by atoms with van der Waals surface area (Å²) in [6.45, 7) is 0. The van der Waals surface area contributed by atoms with Crippen molar-refractivity contribution in [2.75, 3.05) is 0 Å². The number of nitrogens with one attached hydrogen (secondary N) is 1. The van der Waals surface area contributed by atoms with Gasteiger partial charge in [0.1, 0.15) is 0 Å². The van der Waals surface area contributed by atoms with Gasteiger partial charge < -0.3 is 10.1 Å². The van der Waals surface area contributed by atoms with Crippen molar-refractivity contribution in [2.24, 2.45) is 0 Å². The van der Waals surface area contributed by atoms with E-state index in [0.717, 1.165) is 15.2 Å². The van der Waals surface area contributed by atoms with Crippen LogP contribution in [0.4, 0.5) is 0 Å². The van der Waals surface area contributed by atoms with Crippen LogP contribution >= 0.6 is 15.9 Å². The highest BCUT2D eigenvalue weighted by atomic mass is 79.9. The van der Waals surface area contributed by atoms with Gasteiger partial charge in [0, 0.05) is 16.1 Å². The predicted molar refractivity (Wildman–Crippen MR) is 47.7 cm³/mol. The molecule has 1 heterocycles. The molecular weight excluding hydrogens is 206 g/mol. The maximum absolute atomic E-state index is 9.31. The molecule has 2 rings (SSSR count). The largest absolute Gasteiger partial charge is 0.494 e. The zero-order valence-electron chi connectivity index (χ0n) is 5.63. The monoisotopic (exact) mass is 211 g/mol. The van der Waals surface area contributed by atoms with Crippen molar-refractivity contribution >= 4 is 26.7 Å². The maximum Gasteiger partial charge on any atom is 0.197 e. The summed E-state index contributed by atoms with van der Waals surface area (Å²) in [5.74, 6) is 0.215. The van der Waals surface area contributed by atoms with Crippen LogP contribution in [0.15, 0.2) is 28.9 Å². The van der Waals surface area contributed by atoms with E-state index in [1.54, 1.807) is 6.20 Å². The molecule has 0 bridgehead atoms. The number of hydrogen-bond acceptors (Lipinski definition) is 1. The van der Waals surface area contributed by atoms with Gasteiger partial charge in [-0.25, -0.2) is 0 Å². The highest BCUT2D eigenvalue weighted by Crippen LogP contribution is 2.30. The minimum atomic E-state index is 0.215. The number of aromatic amines is 1. The van der Waals surface area contributed by atoms with Crippen molar-refractivity contribution in [3.8, 4) is 5.88 Å². The second-order valence-electron chi connectivity index (χ2n) is 2.34. The quantitative estimate of drug-likeness (QED) is 0.691. The Balaban J connectivity index is 2.96. The van der Waals surface area contributed by atoms with Crippen LogP contribution in [0.1, 0.15) is 0 Å². The summed E-state index contributed by atoms with van der Waals surface area (Å²) in [6.07, 6.45) is 1.77. The fourth-order valence-corrected chi connectivity index (χ4v) is 1.70. The van der Waals surface area contributed by atoms with Crippen LogP contribution in [-0.4, -0.2) is 10.1 Å². The number of benzene rings is 1. The molecule has 0 aliphatic rings. The molecular formula is C8H6BrNO. The molecule has 56 valence electrons. The molecule has 2 aromatic rings. The molecule has 0 saturated heterocycles. The van der Waals surface area contributed by atoms with Gasteiger partial charge in [-0.05, 0) is 22.0 Å². The van der Waals surface area contributed by atoms with E-state index in [-0.39, 0.29) is 5.88 Å². The SMILES string of the molecule is Oc1[nH]cc2cccc(Br)c12. The highest BCUT2D eigenvalue weighted by Gasteiger charge is 2.03. The van der Waals surface area contributed by atoms with Gasteiger partial charge >= 0.3 is 0 Å². The van der Waals surface area contributed by atoms with E-state index in [0.29, 0.717) is 0 Å². The number of aromatic nitrogens is 1. The lowest BCUT2D eigenvalue weighted by atomic mass is 10.2. The summed E-state index contributed by atoms with van der Waals surface area (Å²) in [4.78, 5) is 2.74. The van der Waals surface area contributed by atoms with Gasteiger partial charge in [-0.3, -0.25) is 0 Å². The Bertz CT molecular complexity index is 394. The van der Waals surface area contributed by atoms with E-state index < -0.39 is 0 Å². The molecule has 2 nitrogen and oxygen atoms in total. The summed E-state index contributed by atoms with van der Waals surface area (Å²) < 4.78 is 0.911. The number of rotatable bonds is 0. The molecule has 11 heavy (non-hydrogen) atoms. The topological polar surface area (TPSA) is 36.0 Å². The average molecular weight is 212 g/mol. The molecule has 1 aromatic carbocycles. The second kappa shape index (κ2) is 2.27. The lowest BCUT2D eigenvalue weighted by Crippen LogP contribution is -1.66. The number of aromatic hydroxyl groups is 1. The Morgan fingerprint density at radius 3 is 2.91 bits per heavy atom. The van der Waals surface area contributed by atoms with Gasteiger partial charge in [-0.15, -0.1) is 0 Å². The highest BCUT2D eigenvalue weighted by molar-refractivity contribution is 9.10. The maximum atomic E-state index is 9.31. The van der Waals surface area contributed by atoms with Gasteiger partial charge in [-0.1, -0.05) is 12.1 Å². The van der Waals surface area contributed by atoms with Crippen molar-refractivity contribution in [1.29, 1.82) is 0 Å². The molecule has 0 unspecified atom stereocenters. The van der Waals surface area contributed by atoms with Crippen molar-refractivity contribution in [3.05, 3.63) is 28.9 Å². The zero-order valence-corrected chi connectivity index (χ0v) is 7.22. The summed E-state index contributed by atoms with van der Waals surface area (Å²) >= 11 is 3.35. The third-order valence-electron chi connectivity index (χ3n) is 1.65. The minimum absolute atomic E-state index is 0.215. The number of H-pyrrole nitrogens is 1. The summed E-state index contributed by atoms with van der Waals surface area (Å²) in [5, 5.41) is 11.2. The van der Waals surface area contributed by atoms with Crippen LogP contribution in [0, 0.1) is 0 Å². The van der Waals surface area contributed by atoms with Crippen molar-refractivity contribution in [2.45, 2.75) is 0 Å². The third-order valence-corrected chi connectivity index (χ3v) is 2.31. The molecule has 0 saturated carbocycles. The van der Waals surface area contributed by atoms with Crippen LogP contribution in [0.2, 0.25) is 0 Å². The van der Waals surface area contributed by atoms with Gasteiger partial charge in [0.05, 0.1) is 5.39 Å².